The molecule has 21 heavy (non-hydrogen) atoms. The highest BCUT2D eigenvalue weighted by Gasteiger charge is 2.15. The summed E-state index contributed by atoms with van der Waals surface area (Å²) in [6, 6.07) is 5.64. The average Bonchev–Trinajstić information content (AvgIpc) is 2.37. The van der Waals surface area contributed by atoms with Gasteiger partial charge in [-0.15, -0.1) is 0 Å². The van der Waals surface area contributed by atoms with Crippen LogP contribution in [-0.4, -0.2) is 14.7 Å². The molecule has 0 saturated heterocycles. The van der Waals surface area contributed by atoms with Crippen molar-refractivity contribution < 1.29 is 21.6 Å². The number of nitrogens with one attached hydrogen (secondary N) is 1. The molecule has 2 aromatic carbocycles. The molecule has 0 spiro atoms. The molecule has 8 heteroatoms. The first-order chi connectivity index (χ1) is 9.70. The van der Waals surface area contributed by atoms with Gasteiger partial charge in [0.05, 0.1) is 16.3 Å². The second-order valence-electron chi connectivity index (χ2n) is 4.37. The fraction of sp³-hybridized carbons (Fsp3) is 0.0769. The Morgan fingerprint density at radius 3 is 2.19 bits per heavy atom. The Hall–Kier alpha value is -2.22. The standard InChI is InChI=1S/C13H11F3N2O2S/c1-21(19,20)11-4-2-3-10(13(11)17)18-7-5-8(14)12(16)9(15)6-7/h2-6,18H,17H2,1H3. The van der Waals surface area contributed by atoms with E-state index in [1.165, 1.54) is 18.2 Å². The van der Waals surface area contributed by atoms with Gasteiger partial charge in [0, 0.05) is 24.1 Å². The summed E-state index contributed by atoms with van der Waals surface area (Å²) in [5.41, 5.74) is 5.68. The molecule has 2 aromatic rings. The normalized spacial score (nSPS) is 11.4. The second kappa shape index (κ2) is 5.28. The van der Waals surface area contributed by atoms with Crippen LogP contribution in [0.2, 0.25) is 0 Å². The molecule has 112 valence electrons. The summed E-state index contributed by atoms with van der Waals surface area (Å²) in [6.45, 7) is 0. The molecule has 3 N–H and O–H groups in total. The van der Waals surface area contributed by atoms with E-state index in [9.17, 15) is 21.6 Å². The number of nitrogens with two attached hydrogens (primary N) is 1. The van der Waals surface area contributed by atoms with E-state index in [1.807, 2.05) is 0 Å². The number of sulfone groups is 1. The van der Waals surface area contributed by atoms with Gasteiger partial charge in [-0.2, -0.15) is 0 Å². The number of hydrogen-bond acceptors (Lipinski definition) is 4. The summed E-state index contributed by atoms with van der Waals surface area (Å²) in [4.78, 5) is -0.115. The SMILES string of the molecule is CS(=O)(=O)c1cccc(Nc2cc(F)c(F)c(F)c2)c1N. The molecule has 0 atom stereocenters. The van der Waals surface area contributed by atoms with E-state index in [-0.39, 0.29) is 22.0 Å². The van der Waals surface area contributed by atoms with Gasteiger partial charge in [0.15, 0.2) is 27.3 Å². The molecule has 0 aliphatic carbocycles. The lowest BCUT2D eigenvalue weighted by Crippen LogP contribution is -2.05. The van der Waals surface area contributed by atoms with Crippen molar-refractivity contribution in [2.75, 3.05) is 17.3 Å². The molecule has 0 aliphatic heterocycles. The van der Waals surface area contributed by atoms with Crippen molar-refractivity contribution >= 4 is 26.9 Å². The summed E-state index contributed by atoms with van der Waals surface area (Å²) < 4.78 is 62.2. The Kier molecular flexibility index (Phi) is 3.82. The van der Waals surface area contributed by atoms with Gasteiger partial charge in [-0.05, 0) is 12.1 Å². The average molecular weight is 316 g/mol. The number of hydrogen-bond donors (Lipinski definition) is 2. The fourth-order valence-corrected chi connectivity index (χ4v) is 2.59. The highest BCUT2D eigenvalue weighted by atomic mass is 32.2. The molecular weight excluding hydrogens is 305 g/mol. The van der Waals surface area contributed by atoms with Crippen LogP contribution in [0.15, 0.2) is 35.2 Å². The maximum absolute atomic E-state index is 13.1. The highest BCUT2D eigenvalue weighted by Crippen LogP contribution is 2.30. The summed E-state index contributed by atoms with van der Waals surface area (Å²) in [6.07, 6.45) is 0.986. The minimum absolute atomic E-state index is 0.0925. The van der Waals surface area contributed by atoms with Crippen LogP contribution in [-0.2, 0) is 9.84 Å². The van der Waals surface area contributed by atoms with Crippen LogP contribution < -0.4 is 11.1 Å². The number of halogens is 3. The number of benzene rings is 2. The van der Waals surface area contributed by atoms with Crippen LogP contribution in [0.25, 0.3) is 0 Å². The summed E-state index contributed by atoms with van der Waals surface area (Å²) >= 11 is 0. The molecule has 0 aromatic heterocycles. The molecule has 4 nitrogen and oxygen atoms in total. The lowest BCUT2D eigenvalue weighted by atomic mass is 10.2. The Bertz CT molecular complexity index is 784. The zero-order chi connectivity index (χ0) is 15.8. The van der Waals surface area contributed by atoms with Gasteiger partial charge in [-0.25, -0.2) is 21.6 Å². The third-order valence-corrected chi connectivity index (χ3v) is 3.88. The first kappa shape index (κ1) is 15.2. The zero-order valence-electron chi connectivity index (χ0n) is 10.8. The Morgan fingerprint density at radius 2 is 1.67 bits per heavy atom. The highest BCUT2D eigenvalue weighted by molar-refractivity contribution is 7.90. The predicted molar refractivity (Wildman–Crippen MR) is 73.6 cm³/mol. The predicted octanol–water partition coefficient (Wildman–Crippen LogP) is 2.83. The lowest BCUT2D eigenvalue weighted by Gasteiger charge is -2.12. The third-order valence-electron chi connectivity index (χ3n) is 2.73. The molecule has 0 saturated carbocycles. The molecule has 0 unspecified atom stereocenters. The molecule has 0 bridgehead atoms. The van der Waals surface area contributed by atoms with Crippen molar-refractivity contribution in [3.8, 4) is 0 Å². The number of para-hydroxylation sites is 1. The van der Waals surface area contributed by atoms with Crippen LogP contribution in [0.3, 0.4) is 0 Å². The van der Waals surface area contributed by atoms with Gasteiger partial charge in [-0.3, -0.25) is 0 Å². The van der Waals surface area contributed by atoms with Gasteiger partial charge in [0.2, 0.25) is 0 Å². The van der Waals surface area contributed by atoms with E-state index in [0.717, 1.165) is 18.4 Å². The van der Waals surface area contributed by atoms with E-state index < -0.39 is 27.3 Å². The van der Waals surface area contributed by atoms with E-state index in [4.69, 9.17) is 5.73 Å². The molecule has 0 radical (unpaired) electrons. The van der Waals surface area contributed by atoms with E-state index in [2.05, 4.69) is 5.32 Å². The van der Waals surface area contributed by atoms with Crippen molar-refractivity contribution in [2.24, 2.45) is 0 Å². The van der Waals surface area contributed by atoms with Gasteiger partial charge in [-0.1, -0.05) is 6.07 Å². The first-order valence-electron chi connectivity index (χ1n) is 5.70. The monoisotopic (exact) mass is 316 g/mol. The van der Waals surface area contributed by atoms with Gasteiger partial charge in [0.25, 0.3) is 0 Å². The maximum atomic E-state index is 13.1. The molecule has 0 amide bonds. The van der Waals surface area contributed by atoms with E-state index in [1.54, 1.807) is 0 Å². The summed E-state index contributed by atoms with van der Waals surface area (Å²) in [5, 5.41) is 2.56. The van der Waals surface area contributed by atoms with E-state index >= 15 is 0 Å². The number of anilines is 3. The van der Waals surface area contributed by atoms with Gasteiger partial charge in [0.1, 0.15) is 0 Å². The summed E-state index contributed by atoms with van der Waals surface area (Å²) in [5.74, 6) is -4.32. The van der Waals surface area contributed by atoms with Gasteiger partial charge >= 0.3 is 0 Å². The van der Waals surface area contributed by atoms with Crippen molar-refractivity contribution in [3.63, 3.8) is 0 Å². The molecule has 0 aliphatic rings. The molecule has 0 heterocycles. The number of rotatable bonds is 3. The van der Waals surface area contributed by atoms with Crippen molar-refractivity contribution in [1.29, 1.82) is 0 Å². The van der Waals surface area contributed by atoms with Crippen LogP contribution >= 0.6 is 0 Å². The quantitative estimate of drug-likeness (QED) is 0.675. The molecule has 0 fully saturated rings. The maximum Gasteiger partial charge on any atom is 0.194 e. The zero-order valence-corrected chi connectivity index (χ0v) is 11.6. The largest absolute Gasteiger partial charge is 0.396 e. The van der Waals surface area contributed by atoms with Crippen LogP contribution in [0, 0.1) is 17.5 Å². The summed E-state index contributed by atoms with van der Waals surface area (Å²) in [7, 11) is -3.54. The van der Waals surface area contributed by atoms with Crippen molar-refractivity contribution in [2.45, 2.75) is 4.90 Å². The van der Waals surface area contributed by atoms with Crippen LogP contribution in [0.4, 0.5) is 30.2 Å². The Morgan fingerprint density at radius 1 is 1.10 bits per heavy atom. The van der Waals surface area contributed by atoms with Crippen LogP contribution in [0.1, 0.15) is 0 Å². The second-order valence-corrected chi connectivity index (χ2v) is 6.35. The third kappa shape index (κ3) is 3.10. The Balaban J connectivity index is 2.46. The molecular formula is C13H11F3N2O2S. The minimum atomic E-state index is -3.54. The lowest BCUT2D eigenvalue weighted by molar-refractivity contribution is 0.448. The topological polar surface area (TPSA) is 72.2 Å². The minimum Gasteiger partial charge on any atom is -0.396 e. The first-order valence-corrected chi connectivity index (χ1v) is 7.59. The molecule has 2 rings (SSSR count). The smallest absolute Gasteiger partial charge is 0.194 e. The fourth-order valence-electron chi connectivity index (χ4n) is 1.76. The van der Waals surface area contributed by atoms with E-state index in [0.29, 0.717) is 0 Å². The van der Waals surface area contributed by atoms with Crippen molar-refractivity contribution in [1.82, 2.24) is 0 Å². The number of nitrogen functional groups attached to an aromatic ring is 1. The van der Waals surface area contributed by atoms with Crippen molar-refractivity contribution in [3.05, 3.63) is 47.8 Å². The van der Waals surface area contributed by atoms with Gasteiger partial charge < -0.3 is 11.1 Å². The van der Waals surface area contributed by atoms with Crippen LogP contribution in [0.5, 0.6) is 0 Å². The Labute approximate surface area is 119 Å².